The molecule has 21 heavy (non-hydrogen) atoms. The van der Waals surface area contributed by atoms with E-state index in [0.29, 0.717) is 0 Å². The first kappa shape index (κ1) is 15.3. The second kappa shape index (κ2) is 5.21. The number of fused-ring (bicyclic) bond motifs is 1. The minimum Gasteiger partial charge on any atom is -0.387 e. The number of rotatable bonds is 2. The third-order valence-corrected chi connectivity index (χ3v) is 6.09. The molecule has 1 aromatic rings. The van der Waals surface area contributed by atoms with E-state index in [-0.39, 0.29) is 17.1 Å². The highest BCUT2D eigenvalue weighted by Crippen LogP contribution is 2.45. The van der Waals surface area contributed by atoms with E-state index in [4.69, 9.17) is 9.72 Å². The highest BCUT2D eigenvalue weighted by atomic mass is 32.1. The van der Waals surface area contributed by atoms with Gasteiger partial charge in [-0.15, -0.1) is 0 Å². The smallest absolute Gasteiger partial charge is 0.185 e. The zero-order valence-electron chi connectivity index (χ0n) is 13.5. The van der Waals surface area contributed by atoms with Crippen molar-refractivity contribution in [3.05, 3.63) is 10.6 Å². The summed E-state index contributed by atoms with van der Waals surface area (Å²) in [7, 11) is 1.79. The van der Waals surface area contributed by atoms with Gasteiger partial charge in [-0.1, -0.05) is 25.2 Å². The molecular formula is C16H26N2O2S. The van der Waals surface area contributed by atoms with Gasteiger partial charge < -0.3 is 14.7 Å². The van der Waals surface area contributed by atoms with Crippen LogP contribution in [0.4, 0.5) is 5.13 Å². The molecule has 4 nitrogen and oxygen atoms in total. The molecule has 0 amide bonds. The van der Waals surface area contributed by atoms with Gasteiger partial charge in [-0.05, 0) is 38.0 Å². The molecule has 0 bridgehead atoms. The van der Waals surface area contributed by atoms with Crippen molar-refractivity contribution in [2.75, 3.05) is 25.1 Å². The maximum absolute atomic E-state index is 10.4. The standard InChI is InChI=1S/C16H26N2O2S/c1-15(2)8-11-13(12(19)9-15)21-14(17-11)18-7-5-6-16(3,10-18)20-4/h12,19H,5-10H2,1-4H3. The van der Waals surface area contributed by atoms with Gasteiger partial charge in [0.2, 0.25) is 0 Å². The summed E-state index contributed by atoms with van der Waals surface area (Å²) < 4.78 is 5.67. The van der Waals surface area contributed by atoms with Gasteiger partial charge in [-0.3, -0.25) is 0 Å². The minimum atomic E-state index is -0.353. The second-order valence-electron chi connectivity index (χ2n) is 7.55. The Bertz CT molecular complexity index is 528. The Hall–Kier alpha value is -0.650. The van der Waals surface area contributed by atoms with Gasteiger partial charge in [0, 0.05) is 20.2 Å². The van der Waals surface area contributed by atoms with Gasteiger partial charge in [0.15, 0.2) is 5.13 Å². The number of hydrogen-bond donors (Lipinski definition) is 1. The van der Waals surface area contributed by atoms with Crippen molar-refractivity contribution in [2.45, 2.75) is 58.2 Å². The van der Waals surface area contributed by atoms with E-state index in [1.165, 1.54) is 0 Å². The average Bonchev–Trinajstić information content (AvgIpc) is 2.81. The Kier molecular flexibility index (Phi) is 3.79. The normalized spacial score (nSPS) is 32.0. The lowest BCUT2D eigenvalue weighted by Gasteiger charge is -2.39. The largest absolute Gasteiger partial charge is 0.387 e. The molecule has 0 spiro atoms. The molecule has 2 heterocycles. The van der Waals surface area contributed by atoms with E-state index >= 15 is 0 Å². The van der Waals surface area contributed by atoms with Crippen LogP contribution < -0.4 is 4.90 Å². The topological polar surface area (TPSA) is 45.6 Å². The molecular weight excluding hydrogens is 284 g/mol. The summed E-state index contributed by atoms with van der Waals surface area (Å²) in [4.78, 5) is 8.26. The first-order valence-corrected chi connectivity index (χ1v) is 8.61. The number of methoxy groups -OCH3 is 1. The van der Waals surface area contributed by atoms with E-state index < -0.39 is 0 Å². The number of anilines is 1. The lowest BCUT2D eigenvalue weighted by molar-refractivity contribution is -0.00467. The summed E-state index contributed by atoms with van der Waals surface area (Å²) >= 11 is 1.67. The van der Waals surface area contributed by atoms with Crippen molar-refractivity contribution in [2.24, 2.45) is 5.41 Å². The van der Waals surface area contributed by atoms with Crippen LogP contribution in [0.5, 0.6) is 0 Å². The Morgan fingerprint density at radius 3 is 2.86 bits per heavy atom. The van der Waals surface area contributed by atoms with Crippen LogP contribution in [-0.4, -0.2) is 35.9 Å². The molecule has 1 fully saturated rings. The van der Waals surface area contributed by atoms with Crippen LogP contribution in [0.25, 0.3) is 0 Å². The molecule has 0 saturated carbocycles. The Morgan fingerprint density at radius 1 is 1.38 bits per heavy atom. The van der Waals surface area contributed by atoms with Gasteiger partial charge in [0.1, 0.15) is 0 Å². The first-order chi connectivity index (χ1) is 9.82. The van der Waals surface area contributed by atoms with Crippen LogP contribution in [0.1, 0.15) is 56.7 Å². The number of nitrogens with zero attached hydrogens (tertiary/aromatic N) is 2. The van der Waals surface area contributed by atoms with Crippen molar-refractivity contribution in [3.8, 4) is 0 Å². The maximum atomic E-state index is 10.4. The van der Waals surface area contributed by atoms with Crippen LogP contribution in [0, 0.1) is 5.41 Å². The molecule has 5 heteroatoms. The number of piperidine rings is 1. The Morgan fingerprint density at radius 2 is 2.14 bits per heavy atom. The molecule has 1 aromatic heterocycles. The van der Waals surface area contributed by atoms with E-state index in [0.717, 1.165) is 54.5 Å². The Labute approximate surface area is 131 Å². The minimum absolute atomic E-state index is 0.0810. The van der Waals surface area contributed by atoms with Crippen LogP contribution in [0.3, 0.4) is 0 Å². The summed E-state index contributed by atoms with van der Waals surface area (Å²) in [6.07, 6.45) is 3.67. The molecule has 1 N–H and O–H groups in total. The number of aliphatic hydroxyl groups is 1. The van der Waals surface area contributed by atoms with Gasteiger partial charge in [-0.2, -0.15) is 0 Å². The molecule has 0 aromatic carbocycles. The zero-order chi connectivity index (χ0) is 15.3. The number of aliphatic hydroxyl groups excluding tert-OH is 1. The summed E-state index contributed by atoms with van der Waals surface area (Å²) in [5.41, 5.74) is 1.16. The van der Waals surface area contributed by atoms with Gasteiger partial charge in [0.25, 0.3) is 0 Å². The third-order valence-electron chi connectivity index (χ3n) is 4.83. The molecule has 3 rings (SSSR count). The highest BCUT2D eigenvalue weighted by molar-refractivity contribution is 7.15. The van der Waals surface area contributed by atoms with Gasteiger partial charge in [0.05, 0.1) is 22.3 Å². The van der Waals surface area contributed by atoms with Crippen molar-refractivity contribution in [1.82, 2.24) is 4.98 Å². The first-order valence-electron chi connectivity index (χ1n) is 7.80. The predicted molar refractivity (Wildman–Crippen MR) is 86.0 cm³/mol. The summed E-state index contributed by atoms with van der Waals surface area (Å²) in [6.45, 7) is 8.51. The summed E-state index contributed by atoms with van der Waals surface area (Å²) in [5, 5.41) is 11.4. The molecule has 0 radical (unpaired) electrons. The molecule has 2 unspecified atom stereocenters. The SMILES string of the molecule is COC1(C)CCCN(c2nc3c(s2)C(O)CC(C)(C)C3)C1. The van der Waals surface area contributed by atoms with E-state index in [9.17, 15) is 5.11 Å². The monoisotopic (exact) mass is 310 g/mol. The van der Waals surface area contributed by atoms with Crippen LogP contribution in [0.2, 0.25) is 0 Å². The van der Waals surface area contributed by atoms with Crippen LogP contribution in [-0.2, 0) is 11.2 Å². The number of ether oxygens (including phenoxy) is 1. The number of aromatic nitrogens is 1. The van der Waals surface area contributed by atoms with E-state index in [1.54, 1.807) is 18.4 Å². The quantitative estimate of drug-likeness (QED) is 0.911. The fourth-order valence-electron chi connectivity index (χ4n) is 3.55. The van der Waals surface area contributed by atoms with Crippen LogP contribution in [0.15, 0.2) is 0 Å². The molecule has 2 atom stereocenters. The summed E-state index contributed by atoms with van der Waals surface area (Å²) in [5.74, 6) is 0. The number of hydrogen-bond acceptors (Lipinski definition) is 5. The lowest BCUT2D eigenvalue weighted by atomic mass is 9.77. The van der Waals surface area contributed by atoms with Gasteiger partial charge in [-0.25, -0.2) is 4.98 Å². The molecule has 1 saturated heterocycles. The average molecular weight is 310 g/mol. The van der Waals surface area contributed by atoms with Crippen LogP contribution >= 0.6 is 11.3 Å². The third kappa shape index (κ3) is 2.96. The van der Waals surface area contributed by atoms with Crippen molar-refractivity contribution in [1.29, 1.82) is 0 Å². The summed E-state index contributed by atoms with van der Waals surface area (Å²) in [6, 6.07) is 0. The van der Waals surface area contributed by atoms with E-state index in [1.807, 2.05) is 0 Å². The molecule has 1 aliphatic carbocycles. The zero-order valence-corrected chi connectivity index (χ0v) is 14.3. The maximum Gasteiger partial charge on any atom is 0.185 e. The van der Waals surface area contributed by atoms with Crippen molar-refractivity contribution < 1.29 is 9.84 Å². The molecule has 1 aliphatic heterocycles. The highest BCUT2D eigenvalue weighted by Gasteiger charge is 2.37. The van der Waals surface area contributed by atoms with Crippen molar-refractivity contribution >= 4 is 16.5 Å². The van der Waals surface area contributed by atoms with E-state index in [2.05, 4.69) is 25.7 Å². The fourth-order valence-corrected chi connectivity index (χ4v) is 4.64. The molecule has 118 valence electrons. The predicted octanol–water partition coefficient (Wildman–Crippen LogP) is 3.15. The second-order valence-corrected chi connectivity index (χ2v) is 8.56. The molecule has 2 aliphatic rings. The van der Waals surface area contributed by atoms with Gasteiger partial charge >= 0.3 is 0 Å². The van der Waals surface area contributed by atoms with Crippen molar-refractivity contribution in [3.63, 3.8) is 0 Å². The fraction of sp³-hybridized carbons (Fsp3) is 0.812. The Balaban J connectivity index is 1.85. The lowest BCUT2D eigenvalue weighted by Crippen LogP contribution is -2.47. The number of thiazole rings is 1.